The molecule has 0 bridgehead atoms. The number of benzene rings is 2. The van der Waals surface area contributed by atoms with Crippen LogP contribution in [0.1, 0.15) is 12.5 Å². The van der Waals surface area contributed by atoms with Gasteiger partial charge < -0.3 is 30.6 Å². The third-order valence-electron chi connectivity index (χ3n) is 3.90. The number of halogens is 1. The first-order chi connectivity index (χ1) is 14.0. The predicted octanol–water partition coefficient (Wildman–Crippen LogP) is 2.31. The van der Waals surface area contributed by atoms with Crippen LogP contribution in [0.25, 0.3) is 0 Å². The van der Waals surface area contributed by atoms with E-state index in [0.717, 1.165) is 17.1 Å². The van der Waals surface area contributed by atoms with Gasteiger partial charge in [0.15, 0.2) is 12.6 Å². The van der Waals surface area contributed by atoms with Crippen LogP contribution in [0.4, 0.5) is 0 Å². The molecule has 0 aromatic heterocycles. The zero-order valence-corrected chi connectivity index (χ0v) is 19.7. The first-order valence-corrected chi connectivity index (χ1v) is 9.25. The Bertz CT molecular complexity index is 832. The van der Waals surface area contributed by atoms with Crippen molar-refractivity contribution in [3.63, 3.8) is 0 Å². The Morgan fingerprint density at radius 1 is 1.10 bits per heavy atom. The largest absolute Gasteiger partial charge is 0.497 e. The Labute approximate surface area is 194 Å². The van der Waals surface area contributed by atoms with E-state index >= 15 is 0 Å². The van der Waals surface area contributed by atoms with E-state index in [1.165, 1.54) is 0 Å². The molecule has 1 atom stereocenters. The van der Waals surface area contributed by atoms with Crippen LogP contribution >= 0.6 is 24.0 Å². The number of aliphatic imine (C=N–C) groups is 1. The number of nitrogens with zero attached hydrogens (tertiary/aromatic N) is 1. The van der Waals surface area contributed by atoms with Gasteiger partial charge in [0.05, 0.1) is 13.7 Å². The number of primary amides is 1. The van der Waals surface area contributed by atoms with E-state index in [-0.39, 0.29) is 36.7 Å². The van der Waals surface area contributed by atoms with Crippen molar-refractivity contribution >= 4 is 35.8 Å². The van der Waals surface area contributed by atoms with Crippen LogP contribution in [0.15, 0.2) is 53.5 Å². The zero-order valence-electron chi connectivity index (χ0n) is 17.4. The average molecular weight is 528 g/mol. The molecule has 0 saturated heterocycles. The van der Waals surface area contributed by atoms with Gasteiger partial charge in [0.1, 0.15) is 23.4 Å². The van der Waals surface area contributed by atoms with Gasteiger partial charge in [0.25, 0.3) is 5.91 Å². The number of guanidine groups is 1. The number of hydrogen-bond donors (Lipinski definition) is 3. The number of nitrogens with two attached hydrogens (primary N) is 1. The molecular formula is C21H29IN4O4. The maximum absolute atomic E-state index is 10.8. The van der Waals surface area contributed by atoms with E-state index in [1.54, 1.807) is 20.2 Å². The van der Waals surface area contributed by atoms with Crippen LogP contribution in [-0.2, 0) is 11.3 Å². The van der Waals surface area contributed by atoms with E-state index in [2.05, 4.69) is 15.6 Å². The van der Waals surface area contributed by atoms with Crippen molar-refractivity contribution in [2.75, 3.05) is 27.3 Å². The maximum Gasteiger partial charge on any atom is 0.255 e. The Hall–Kier alpha value is -2.69. The molecule has 2 aromatic carbocycles. The van der Waals surface area contributed by atoms with Gasteiger partial charge in [-0.25, -0.2) is 0 Å². The Morgan fingerprint density at radius 3 is 2.50 bits per heavy atom. The van der Waals surface area contributed by atoms with Gasteiger partial charge in [-0.3, -0.25) is 9.79 Å². The summed E-state index contributed by atoms with van der Waals surface area (Å²) in [6.07, 6.45) is -0.0776. The standard InChI is InChI=1S/C21H28N4O4.HI/c1-15(29-19-9-5-7-17(11-19)27-3)12-24-21(23-2)25-13-16-6-4-8-18(10-16)28-14-20(22)26;/h4-11,15H,12-14H2,1-3H3,(H2,22,26)(H2,23,24,25);1H. The van der Waals surface area contributed by atoms with E-state index in [0.29, 0.717) is 24.8 Å². The predicted molar refractivity (Wildman–Crippen MR) is 128 cm³/mol. The first kappa shape index (κ1) is 25.3. The number of amides is 1. The number of nitrogens with one attached hydrogen (secondary N) is 2. The van der Waals surface area contributed by atoms with Crippen LogP contribution < -0.4 is 30.6 Å². The van der Waals surface area contributed by atoms with Crippen molar-refractivity contribution in [1.29, 1.82) is 0 Å². The average Bonchev–Trinajstić information content (AvgIpc) is 2.72. The van der Waals surface area contributed by atoms with E-state index in [1.807, 2.05) is 49.4 Å². The molecule has 0 aliphatic carbocycles. The Morgan fingerprint density at radius 2 is 1.80 bits per heavy atom. The highest BCUT2D eigenvalue weighted by molar-refractivity contribution is 14.0. The molecular weight excluding hydrogens is 499 g/mol. The number of hydrogen-bond acceptors (Lipinski definition) is 5. The summed E-state index contributed by atoms with van der Waals surface area (Å²) in [6, 6.07) is 14.9. The number of methoxy groups -OCH3 is 1. The fraction of sp³-hybridized carbons (Fsp3) is 0.333. The maximum atomic E-state index is 10.8. The quantitative estimate of drug-likeness (QED) is 0.248. The second kappa shape index (κ2) is 13.5. The van der Waals surface area contributed by atoms with Crippen LogP contribution in [0.3, 0.4) is 0 Å². The SMILES string of the molecule is CN=C(NCc1cccc(OCC(N)=O)c1)NCC(C)Oc1cccc(OC)c1.I. The van der Waals surface area contributed by atoms with E-state index in [9.17, 15) is 4.79 Å². The lowest BCUT2D eigenvalue weighted by Gasteiger charge is -2.18. The summed E-state index contributed by atoms with van der Waals surface area (Å²) in [4.78, 5) is 15.0. The monoisotopic (exact) mass is 528 g/mol. The third-order valence-corrected chi connectivity index (χ3v) is 3.90. The lowest BCUT2D eigenvalue weighted by atomic mass is 10.2. The lowest BCUT2D eigenvalue weighted by Crippen LogP contribution is -2.41. The molecule has 9 heteroatoms. The molecule has 2 rings (SSSR count). The summed E-state index contributed by atoms with van der Waals surface area (Å²) < 4.78 is 16.4. The molecule has 164 valence electrons. The van der Waals surface area contributed by atoms with Gasteiger partial charge in [-0.05, 0) is 36.8 Å². The number of carbonyl (C=O) groups is 1. The molecule has 0 radical (unpaired) electrons. The highest BCUT2D eigenvalue weighted by atomic mass is 127. The van der Waals surface area contributed by atoms with Crippen LogP contribution in [0.5, 0.6) is 17.2 Å². The molecule has 30 heavy (non-hydrogen) atoms. The van der Waals surface area contributed by atoms with E-state index in [4.69, 9.17) is 19.9 Å². The highest BCUT2D eigenvalue weighted by Gasteiger charge is 2.07. The number of rotatable bonds is 10. The molecule has 0 saturated carbocycles. The first-order valence-electron chi connectivity index (χ1n) is 9.25. The van der Waals surface area contributed by atoms with Gasteiger partial charge in [-0.1, -0.05) is 18.2 Å². The van der Waals surface area contributed by atoms with Crippen LogP contribution in [0.2, 0.25) is 0 Å². The third kappa shape index (κ3) is 9.21. The van der Waals surface area contributed by atoms with Gasteiger partial charge in [0.2, 0.25) is 0 Å². The summed E-state index contributed by atoms with van der Waals surface area (Å²) in [5, 5.41) is 6.46. The number of carbonyl (C=O) groups excluding carboxylic acids is 1. The van der Waals surface area contributed by atoms with Crippen molar-refractivity contribution in [2.24, 2.45) is 10.7 Å². The van der Waals surface area contributed by atoms with Crippen molar-refractivity contribution in [2.45, 2.75) is 19.6 Å². The molecule has 2 aromatic rings. The molecule has 4 N–H and O–H groups in total. The second-order valence-electron chi connectivity index (χ2n) is 6.32. The smallest absolute Gasteiger partial charge is 0.255 e. The Kier molecular flexibility index (Phi) is 11.4. The summed E-state index contributed by atoms with van der Waals surface area (Å²) in [5.41, 5.74) is 6.08. The molecule has 0 fully saturated rings. The van der Waals surface area contributed by atoms with Crippen molar-refractivity contribution in [3.8, 4) is 17.2 Å². The van der Waals surface area contributed by atoms with Crippen molar-refractivity contribution < 1.29 is 19.0 Å². The molecule has 0 spiro atoms. The highest BCUT2D eigenvalue weighted by Crippen LogP contribution is 2.19. The molecule has 0 aliphatic heterocycles. The van der Waals surface area contributed by atoms with Gasteiger partial charge in [-0.2, -0.15) is 0 Å². The van der Waals surface area contributed by atoms with Gasteiger partial charge in [0, 0.05) is 19.7 Å². The van der Waals surface area contributed by atoms with Gasteiger partial charge >= 0.3 is 0 Å². The lowest BCUT2D eigenvalue weighted by molar-refractivity contribution is -0.119. The summed E-state index contributed by atoms with van der Waals surface area (Å²) in [7, 11) is 3.33. The topological polar surface area (TPSA) is 107 Å². The fourth-order valence-electron chi connectivity index (χ4n) is 2.49. The minimum Gasteiger partial charge on any atom is -0.497 e. The summed E-state index contributed by atoms with van der Waals surface area (Å²) >= 11 is 0. The molecule has 0 heterocycles. The normalized spacial score (nSPS) is 11.6. The fourth-order valence-corrected chi connectivity index (χ4v) is 2.49. The molecule has 1 amide bonds. The molecule has 0 aliphatic rings. The Balaban J connectivity index is 0.00000450. The zero-order chi connectivity index (χ0) is 21.1. The van der Waals surface area contributed by atoms with E-state index < -0.39 is 5.91 Å². The summed E-state index contributed by atoms with van der Waals surface area (Å²) in [5.74, 6) is 2.22. The van der Waals surface area contributed by atoms with Crippen molar-refractivity contribution in [3.05, 3.63) is 54.1 Å². The number of ether oxygens (including phenoxy) is 3. The second-order valence-corrected chi connectivity index (χ2v) is 6.32. The molecule has 1 unspecified atom stereocenters. The minimum absolute atomic E-state index is 0. The molecule has 8 nitrogen and oxygen atoms in total. The van der Waals surface area contributed by atoms with Crippen LogP contribution in [0, 0.1) is 0 Å². The van der Waals surface area contributed by atoms with Crippen LogP contribution in [-0.4, -0.2) is 45.3 Å². The minimum atomic E-state index is -0.511. The van der Waals surface area contributed by atoms with Crippen molar-refractivity contribution in [1.82, 2.24) is 10.6 Å². The summed E-state index contributed by atoms with van der Waals surface area (Å²) in [6.45, 7) is 2.93. The van der Waals surface area contributed by atoms with Gasteiger partial charge in [-0.15, -0.1) is 24.0 Å².